The summed E-state index contributed by atoms with van der Waals surface area (Å²) in [4.78, 5) is 0. The van der Waals surface area contributed by atoms with Gasteiger partial charge < -0.3 is 11.5 Å². The maximum Gasteiger partial charge on any atom is 0.0653 e. The number of hydrogen-bond donors (Lipinski definition) is 2. The van der Waals surface area contributed by atoms with Crippen LogP contribution in [0.5, 0.6) is 0 Å². The standard InChI is InChI=1S/C9H12Cl2N2/c1-2-8(12)6-3-5(10)4-7(11)9(6)13/h3-4,8H,2,12-13H2,1H3/t8-/m1/s1. The van der Waals surface area contributed by atoms with Gasteiger partial charge in [-0.25, -0.2) is 0 Å². The van der Waals surface area contributed by atoms with Crippen LogP contribution in [-0.4, -0.2) is 0 Å². The number of benzene rings is 1. The van der Waals surface area contributed by atoms with Gasteiger partial charge in [0.2, 0.25) is 0 Å². The Morgan fingerprint density at radius 1 is 1.38 bits per heavy atom. The molecule has 0 aliphatic rings. The Morgan fingerprint density at radius 2 is 2.00 bits per heavy atom. The van der Waals surface area contributed by atoms with Crippen molar-refractivity contribution in [3.8, 4) is 0 Å². The molecule has 0 saturated carbocycles. The highest BCUT2D eigenvalue weighted by Crippen LogP contribution is 2.31. The van der Waals surface area contributed by atoms with Gasteiger partial charge in [-0.1, -0.05) is 30.1 Å². The number of anilines is 1. The van der Waals surface area contributed by atoms with Crippen LogP contribution in [0.25, 0.3) is 0 Å². The molecule has 0 bridgehead atoms. The van der Waals surface area contributed by atoms with Crippen LogP contribution in [-0.2, 0) is 0 Å². The smallest absolute Gasteiger partial charge is 0.0653 e. The zero-order valence-corrected chi connectivity index (χ0v) is 8.86. The lowest BCUT2D eigenvalue weighted by molar-refractivity contribution is 0.701. The van der Waals surface area contributed by atoms with Crippen molar-refractivity contribution in [2.45, 2.75) is 19.4 Å². The molecule has 72 valence electrons. The molecular formula is C9H12Cl2N2. The molecule has 13 heavy (non-hydrogen) atoms. The molecule has 0 saturated heterocycles. The van der Waals surface area contributed by atoms with Crippen molar-refractivity contribution in [2.24, 2.45) is 5.73 Å². The third-order valence-corrected chi connectivity index (χ3v) is 2.50. The van der Waals surface area contributed by atoms with Gasteiger partial charge >= 0.3 is 0 Å². The summed E-state index contributed by atoms with van der Waals surface area (Å²) in [5.41, 5.74) is 12.9. The Morgan fingerprint density at radius 3 is 2.54 bits per heavy atom. The van der Waals surface area contributed by atoms with Crippen molar-refractivity contribution in [2.75, 3.05) is 5.73 Å². The Hall–Kier alpha value is -0.440. The number of rotatable bonds is 2. The fraction of sp³-hybridized carbons (Fsp3) is 0.333. The minimum absolute atomic E-state index is 0.101. The van der Waals surface area contributed by atoms with Gasteiger partial charge in [-0.3, -0.25) is 0 Å². The monoisotopic (exact) mass is 218 g/mol. The summed E-state index contributed by atoms with van der Waals surface area (Å²) < 4.78 is 0. The molecule has 2 nitrogen and oxygen atoms in total. The van der Waals surface area contributed by atoms with Crippen LogP contribution in [0.4, 0.5) is 5.69 Å². The van der Waals surface area contributed by atoms with Crippen LogP contribution in [0.1, 0.15) is 24.9 Å². The minimum Gasteiger partial charge on any atom is -0.397 e. The topological polar surface area (TPSA) is 52.0 Å². The maximum atomic E-state index is 5.86. The number of halogens is 2. The fourth-order valence-electron chi connectivity index (χ4n) is 1.13. The Bertz CT molecular complexity index is 313. The number of nitrogen functional groups attached to an aromatic ring is 1. The van der Waals surface area contributed by atoms with Crippen molar-refractivity contribution in [1.82, 2.24) is 0 Å². The van der Waals surface area contributed by atoms with Crippen molar-refractivity contribution in [3.05, 3.63) is 27.7 Å². The zero-order chi connectivity index (χ0) is 10.0. The van der Waals surface area contributed by atoms with Crippen LogP contribution in [0, 0.1) is 0 Å². The highest BCUT2D eigenvalue weighted by Gasteiger charge is 2.11. The zero-order valence-electron chi connectivity index (χ0n) is 7.35. The van der Waals surface area contributed by atoms with Gasteiger partial charge in [-0.15, -0.1) is 0 Å². The number of hydrogen-bond acceptors (Lipinski definition) is 2. The van der Waals surface area contributed by atoms with Crippen molar-refractivity contribution in [3.63, 3.8) is 0 Å². The van der Waals surface area contributed by atoms with E-state index in [1.165, 1.54) is 0 Å². The van der Waals surface area contributed by atoms with Gasteiger partial charge in [0.05, 0.1) is 10.7 Å². The normalized spacial score (nSPS) is 12.9. The first-order valence-electron chi connectivity index (χ1n) is 4.06. The highest BCUT2D eigenvalue weighted by atomic mass is 35.5. The van der Waals surface area contributed by atoms with Gasteiger partial charge in [0, 0.05) is 11.1 Å². The fourth-order valence-corrected chi connectivity index (χ4v) is 1.64. The predicted octanol–water partition coefficient (Wildman–Crippen LogP) is 2.99. The first kappa shape index (κ1) is 10.6. The van der Waals surface area contributed by atoms with Gasteiger partial charge in [0.25, 0.3) is 0 Å². The molecule has 0 radical (unpaired) electrons. The lowest BCUT2D eigenvalue weighted by Gasteiger charge is -2.13. The van der Waals surface area contributed by atoms with Crippen LogP contribution in [0.2, 0.25) is 10.0 Å². The summed E-state index contributed by atoms with van der Waals surface area (Å²) in [6.45, 7) is 1.99. The first-order valence-corrected chi connectivity index (χ1v) is 4.81. The molecule has 4 N–H and O–H groups in total. The minimum atomic E-state index is -0.101. The van der Waals surface area contributed by atoms with Gasteiger partial charge in [0.15, 0.2) is 0 Å². The van der Waals surface area contributed by atoms with E-state index in [9.17, 15) is 0 Å². The van der Waals surface area contributed by atoms with Crippen molar-refractivity contribution >= 4 is 28.9 Å². The summed E-state index contributed by atoms with van der Waals surface area (Å²) in [6, 6.07) is 3.28. The molecule has 0 spiro atoms. The van der Waals surface area contributed by atoms with Crippen LogP contribution >= 0.6 is 23.2 Å². The van der Waals surface area contributed by atoms with Crippen LogP contribution in [0.3, 0.4) is 0 Å². The molecule has 0 unspecified atom stereocenters. The molecule has 0 amide bonds. The average Bonchev–Trinajstić information content (AvgIpc) is 2.10. The summed E-state index contributed by atoms with van der Waals surface area (Å²) in [6.07, 6.45) is 0.806. The molecule has 4 heteroatoms. The van der Waals surface area contributed by atoms with E-state index in [0.29, 0.717) is 15.7 Å². The summed E-state index contributed by atoms with van der Waals surface area (Å²) in [5.74, 6) is 0. The van der Waals surface area contributed by atoms with E-state index in [2.05, 4.69) is 0 Å². The second kappa shape index (κ2) is 4.18. The van der Waals surface area contributed by atoms with Crippen molar-refractivity contribution < 1.29 is 0 Å². The maximum absolute atomic E-state index is 5.86. The van der Waals surface area contributed by atoms with Crippen molar-refractivity contribution in [1.29, 1.82) is 0 Å². The largest absolute Gasteiger partial charge is 0.397 e. The van der Waals surface area contributed by atoms with E-state index in [4.69, 9.17) is 34.7 Å². The Balaban J connectivity index is 3.20. The Kier molecular flexibility index (Phi) is 3.42. The molecule has 1 rings (SSSR count). The third-order valence-electron chi connectivity index (χ3n) is 1.97. The van der Waals surface area contributed by atoms with Crippen LogP contribution < -0.4 is 11.5 Å². The van der Waals surface area contributed by atoms with E-state index >= 15 is 0 Å². The molecule has 0 aliphatic heterocycles. The first-order chi connectivity index (χ1) is 6.06. The quantitative estimate of drug-likeness (QED) is 0.751. The molecule has 1 aromatic rings. The lowest BCUT2D eigenvalue weighted by atomic mass is 10.0. The molecular weight excluding hydrogens is 207 g/mol. The molecule has 0 fully saturated rings. The molecule has 1 aromatic carbocycles. The van der Waals surface area contributed by atoms with E-state index in [1.54, 1.807) is 12.1 Å². The number of nitrogens with two attached hydrogens (primary N) is 2. The summed E-state index contributed by atoms with van der Waals surface area (Å²) in [7, 11) is 0. The summed E-state index contributed by atoms with van der Waals surface area (Å²) in [5, 5.41) is 1.03. The van der Waals surface area contributed by atoms with Gasteiger partial charge in [-0.05, 0) is 24.1 Å². The third kappa shape index (κ3) is 2.27. The van der Waals surface area contributed by atoms with Gasteiger partial charge in [-0.2, -0.15) is 0 Å². The molecule has 0 heterocycles. The van der Waals surface area contributed by atoms with E-state index in [0.717, 1.165) is 12.0 Å². The summed E-state index contributed by atoms with van der Waals surface area (Å²) >= 11 is 11.7. The lowest BCUT2D eigenvalue weighted by Crippen LogP contribution is -2.11. The van der Waals surface area contributed by atoms with E-state index < -0.39 is 0 Å². The van der Waals surface area contributed by atoms with Gasteiger partial charge in [0.1, 0.15) is 0 Å². The SMILES string of the molecule is CC[C@@H](N)c1cc(Cl)cc(Cl)c1N. The molecule has 0 aromatic heterocycles. The Labute approximate surface area is 87.8 Å². The average molecular weight is 219 g/mol. The van der Waals surface area contributed by atoms with E-state index in [1.807, 2.05) is 6.92 Å². The van der Waals surface area contributed by atoms with Crippen LogP contribution in [0.15, 0.2) is 12.1 Å². The predicted molar refractivity (Wildman–Crippen MR) is 58.1 cm³/mol. The highest BCUT2D eigenvalue weighted by molar-refractivity contribution is 6.36. The molecule has 0 aliphatic carbocycles. The molecule has 1 atom stereocenters. The van der Waals surface area contributed by atoms with E-state index in [-0.39, 0.29) is 6.04 Å². The second-order valence-electron chi connectivity index (χ2n) is 2.91. The second-order valence-corrected chi connectivity index (χ2v) is 3.75.